The second-order valence-electron chi connectivity index (χ2n) is 5.31. The maximum absolute atomic E-state index is 12.6. The molecule has 0 saturated heterocycles. The standard InChI is InChI=1S/C16H15N7O2/c1-3-21-15(25-2)20-23(16(21)24)14-6-4-5-13-12(14)9-22(19-13)11-7-17-10-18-8-11/h4-10H,3H2,1-2H3. The molecule has 0 unspecified atom stereocenters. The number of hydrogen-bond acceptors (Lipinski definition) is 6. The van der Waals surface area contributed by atoms with Crippen LogP contribution in [0.25, 0.3) is 22.3 Å². The van der Waals surface area contributed by atoms with E-state index in [1.165, 1.54) is 22.7 Å². The molecule has 0 aliphatic carbocycles. The number of nitrogens with zero attached hydrogens (tertiary/aromatic N) is 7. The van der Waals surface area contributed by atoms with Gasteiger partial charge < -0.3 is 4.74 Å². The lowest BCUT2D eigenvalue weighted by atomic mass is 10.2. The molecule has 0 amide bonds. The molecular weight excluding hydrogens is 322 g/mol. The Kier molecular flexibility index (Phi) is 3.53. The summed E-state index contributed by atoms with van der Waals surface area (Å²) in [5, 5.41) is 9.60. The van der Waals surface area contributed by atoms with Gasteiger partial charge in [-0.1, -0.05) is 6.07 Å². The molecule has 126 valence electrons. The van der Waals surface area contributed by atoms with E-state index in [2.05, 4.69) is 20.2 Å². The number of ether oxygens (including phenoxy) is 1. The SMILES string of the molecule is CCn1c(OC)nn(-c2cccc3nn(-c4cncnc4)cc23)c1=O. The lowest BCUT2D eigenvalue weighted by Gasteiger charge is -2.00. The molecule has 9 heteroatoms. The fraction of sp³-hybridized carbons (Fsp3) is 0.188. The highest BCUT2D eigenvalue weighted by atomic mass is 16.5. The van der Waals surface area contributed by atoms with E-state index in [0.717, 1.165) is 16.6 Å². The lowest BCUT2D eigenvalue weighted by molar-refractivity contribution is 0.355. The van der Waals surface area contributed by atoms with E-state index in [1.54, 1.807) is 17.1 Å². The minimum atomic E-state index is -0.261. The van der Waals surface area contributed by atoms with Crippen LogP contribution in [0.4, 0.5) is 0 Å². The van der Waals surface area contributed by atoms with Crippen LogP contribution in [-0.2, 0) is 6.54 Å². The summed E-state index contributed by atoms with van der Waals surface area (Å²) in [6.07, 6.45) is 6.62. The first kappa shape index (κ1) is 15.1. The van der Waals surface area contributed by atoms with E-state index in [0.29, 0.717) is 12.2 Å². The normalized spacial score (nSPS) is 11.1. The predicted octanol–water partition coefficient (Wildman–Crippen LogP) is 1.19. The van der Waals surface area contributed by atoms with Gasteiger partial charge in [0.05, 0.1) is 30.7 Å². The zero-order valence-corrected chi connectivity index (χ0v) is 13.7. The second kappa shape index (κ2) is 5.86. The second-order valence-corrected chi connectivity index (χ2v) is 5.31. The van der Waals surface area contributed by atoms with Crippen molar-refractivity contribution in [3.05, 3.63) is 53.6 Å². The molecule has 0 bridgehead atoms. The van der Waals surface area contributed by atoms with Gasteiger partial charge in [0.2, 0.25) is 0 Å². The first-order valence-corrected chi connectivity index (χ1v) is 7.71. The summed E-state index contributed by atoms with van der Waals surface area (Å²) in [5.74, 6) is 0. The molecular formula is C16H15N7O2. The minimum Gasteiger partial charge on any atom is -0.467 e. The largest absolute Gasteiger partial charge is 0.467 e. The zero-order chi connectivity index (χ0) is 17.4. The topological polar surface area (TPSA) is 92.7 Å². The number of aromatic nitrogens is 7. The molecule has 0 radical (unpaired) electrons. The van der Waals surface area contributed by atoms with Crippen LogP contribution in [0.5, 0.6) is 6.01 Å². The summed E-state index contributed by atoms with van der Waals surface area (Å²) < 4.78 is 9.67. The van der Waals surface area contributed by atoms with Gasteiger partial charge in [0, 0.05) is 18.1 Å². The zero-order valence-electron chi connectivity index (χ0n) is 13.7. The molecule has 25 heavy (non-hydrogen) atoms. The molecule has 0 saturated carbocycles. The van der Waals surface area contributed by atoms with Crippen LogP contribution >= 0.6 is 0 Å². The Morgan fingerprint density at radius 3 is 2.64 bits per heavy atom. The van der Waals surface area contributed by atoms with Crippen LogP contribution in [0.3, 0.4) is 0 Å². The Bertz CT molecular complexity index is 1090. The van der Waals surface area contributed by atoms with E-state index in [9.17, 15) is 4.79 Å². The van der Waals surface area contributed by atoms with E-state index in [4.69, 9.17) is 4.74 Å². The van der Waals surface area contributed by atoms with Crippen molar-refractivity contribution in [2.75, 3.05) is 7.11 Å². The number of fused-ring (bicyclic) bond motifs is 1. The Hall–Kier alpha value is -3.49. The Morgan fingerprint density at radius 1 is 1.16 bits per heavy atom. The third-order valence-corrected chi connectivity index (χ3v) is 3.89. The van der Waals surface area contributed by atoms with Crippen molar-refractivity contribution in [2.45, 2.75) is 13.5 Å². The number of rotatable bonds is 4. The molecule has 3 heterocycles. The highest BCUT2D eigenvalue weighted by Gasteiger charge is 2.17. The third kappa shape index (κ3) is 2.36. The maximum Gasteiger partial charge on any atom is 0.353 e. The Balaban J connectivity index is 1.93. The van der Waals surface area contributed by atoms with Crippen molar-refractivity contribution >= 4 is 10.9 Å². The first-order valence-electron chi connectivity index (χ1n) is 7.71. The monoisotopic (exact) mass is 337 g/mol. The molecule has 3 aromatic heterocycles. The number of hydrogen-bond donors (Lipinski definition) is 0. The summed E-state index contributed by atoms with van der Waals surface area (Å²) in [7, 11) is 1.49. The van der Waals surface area contributed by atoms with Crippen LogP contribution in [0.15, 0.2) is 47.9 Å². The van der Waals surface area contributed by atoms with Gasteiger partial charge in [-0.05, 0) is 19.1 Å². The van der Waals surface area contributed by atoms with E-state index in [-0.39, 0.29) is 11.7 Å². The van der Waals surface area contributed by atoms with Gasteiger partial charge in [0.1, 0.15) is 12.0 Å². The molecule has 0 atom stereocenters. The van der Waals surface area contributed by atoms with Crippen molar-refractivity contribution in [2.24, 2.45) is 0 Å². The van der Waals surface area contributed by atoms with E-state index < -0.39 is 0 Å². The summed E-state index contributed by atoms with van der Waals surface area (Å²) in [6.45, 7) is 2.34. The van der Waals surface area contributed by atoms with Crippen molar-refractivity contribution in [1.29, 1.82) is 0 Å². The lowest BCUT2D eigenvalue weighted by Crippen LogP contribution is -2.23. The van der Waals surface area contributed by atoms with Gasteiger partial charge in [-0.15, -0.1) is 5.10 Å². The maximum atomic E-state index is 12.6. The number of methoxy groups -OCH3 is 1. The van der Waals surface area contributed by atoms with Crippen molar-refractivity contribution in [3.63, 3.8) is 0 Å². The Morgan fingerprint density at radius 2 is 1.96 bits per heavy atom. The number of benzene rings is 1. The highest BCUT2D eigenvalue weighted by molar-refractivity contribution is 5.87. The molecule has 0 fully saturated rings. The average Bonchev–Trinajstić information content (AvgIpc) is 3.23. The fourth-order valence-corrected chi connectivity index (χ4v) is 2.71. The van der Waals surface area contributed by atoms with Gasteiger partial charge in [-0.2, -0.15) is 9.78 Å². The van der Waals surface area contributed by atoms with Crippen LogP contribution in [0, 0.1) is 0 Å². The van der Waals surface area contributed by atoms with Crippen LogP contribution in [0.1, 0.15) is 6.92 Å². The van der Waals surface area contributed by atoms with Gasteiger partial charge >= 0.3 is 11.7 Å². The molecule has 0 aliphatic heterocycles. The molecule has 0 spiro atoms. The first-order chi connectivity index (χ1) is 12.2. The third-order valence-electron chi connectivity index (χ3n) is 3.89. The molecule has 1 aromatic carbocycles. The summed E-state index contributed by atoms with van der Waals surface area (Å²) in [5.41, 5.74) is 1.84. The summed E-state index contributed by atoms with van der Waals surface area (Å²) in [4.78, 5) is 20.6. The molecule has 0 aliphatic rings. The summed E-state index contributed by atoms with van der Waals surface area (Å²) >= 11 is 0. The van der Waals surface area contributed by atoms with Gasteiger partial charge in [-0.25, -0.2) is 24.0 Å². The molecule has 4 aromatic rings. The van der Waals surface area contributed by atoms with E-state index in [1.807, 2.05) is 31.3 Å². The fourth-order valence-electron chi connectivity index (χ4n) is 2.71. The van der Waals surface area contributed by atoms with Crippen molar-refractivity contribution < 1.29 is 4.74 Å². The molecule has 0 N–H and O–H groups in total. The van der Waals surface area contributed by atoms with E-state index >= 15 is 0 Å². The van der Waals surface area contributed by atoms with Crippen molar-refractivity contribution in [3.8, 4) is 17.4 Å². The van der Waals surface area contributed by atoms with Crippen LogP contribution in [-0.4, -0.2) is 41.2 Å². The molecule has 9 nitrogen and oxygen atoms in total. The van der Waals surface area contributed by atoms with Crippen LogP contribution < -0.4 is 10.4 Å². The van der Waals surface area contributed by atoms with Gasteiger partial charge in [0.15, 0.2) is 0 Å². The summed E-state index contributed by atoms with van der Waals surface area (Å²) in [6, 6.07) is 5.80. The van der Waals surface area contributed by atoms with Crippen molar-refractivity contribution in [1.82, 2.24) is 34.1 Å². The Labute approximate surface area is 142 Å². The quantitative estimate of drug-likeness (QED) is 0.555. The molecule has 4 rings (SSSR count). The minimum absolute atomic E-state index is 0.261. The van der Waals surface area contributed by atoms with Crippen LogP contribution in [0.2, 0.25) is 0 Å². The highest BCUT2D eigenvalue weighted by Crippen LogP contribution is 2.22. The smallest absolute Gasteiger partial charge is 0.353 e. The average molecular weight is 337 g/mol. The predicted molar refractivity (Wildman–Crippen MR) is 90.3 cm³/mol. The van der Waals surface area contributed by atoms with Gasteiger partial charge in [-0.3, -0.25) is 0 Å². The van der Waals surface area contributed by atoms with Gasteiger partial charge in [0.25, 0.3) is 0 Å².